The highest BCUT2D eigenvalue weighted by Crippen LogP contribution is 2.27. The third-order valence-electron chi connectivity index (χ3n) is 2.55. The van der Waals surface area contributed by atoms with Crippen molar-refractivity contribution < 1.29 is 13.3 Å². The van der Waals surface area contributed by atoms with E-state index in [2.05, 4.69) is 27.7 Å². The smallest absolute Gasteiger partial charge is 0.371 e. The molecule has 0 fully saturated rings. The first-order valence-corrected chi connectivity index (χ1v) is 8.65. The highest BCUT2D eigenvalue weighted by Gasteiger charge is 2.45. The molecular weight excluding hydrogens is 232 g/mol. The molecule has 0 atom stereocenters. The molecule has 0 unspecified atom stereocenters. The summed E-state index contributed by atoms with van der Waals surface area (Å²) in [6.07, 6.45) is 1.21. The zero-order chi connectivity index (χ0) is 13.7. The SMILES string of the molecule is CCC(C)(C)O[Si](CC)(OC(C)C)OC(C)C. The van der Waals surface area contributed by atoms with E-state index in [4.69, 9.17) is 13.3 Å². The zero-order valence-electron chi connectivity index (χ0n) is 12.8. The second-order valence-corrected chi connectivity index (χ2v) is 8.33. The first-order valence-electron chi connectivity index (χ1n) is 6.72. The van der Waals surface area contributed by atoms with Crippen LogP contribution in [-0.2, 0) is 13.3 Å². The summed E-state index contributed by atoms with van der Waals surface area (Å²) in [5.74, 6) is 0. The summed E-state index contributed by atoms with van der Waals surface area (Å²) in [4.78, 5) is 0. The van der Waals surface area contributed by atoms with Crippen molar-refractivity contribution in [2.45, 2.75) is 85.7 Å². The highest BCUT2D eigenvalue weighted by atomic mass is 28.4. The maximum Gasteiger partial charge on any atom is 0.501 e. The van der Waals surface area contributed by atoms with Crippen molar-refractivity contribution >= 4 is 8.80 Å². The third kappa shape index (κ3) is 6.55. The fourth-order valence-electron chi connectivity index (χ4n) is 1.53. The largest absolute Gasteiger partial charge is 0.501 e. The van der Waals surface area contributed by atoms with E-state index in [0.717, 1.165) is 12.5 Å². The van der Waals surface area contributed by atoms with Crippen molar-refractivity contribution in [2.24, 2.45) is 0 Å². The minimum Gasteiger partial charge on any atom is -0.371 e. The van der Waals surface area contributed by atoms with E-state index in [-0.39, 0.29) is 17.8 Å². The Morgan fingerprint density at radius 1 is 0.941 bits per heavy atom. The van der Waals surface area contributed by atoms with Crippen LogP contribution in [-0.4, -0.2) is 26.6 Å². The van der Waals surface area contributed by atoms with Gasteiger partial charge >= 0.3 is 8.80 Å². The number of rotatable bonds is 8. The average Bonchev–Trinajstić information content (AvgIpc) is 2.14. The molecule has 0 saturated carbocycles. The van der Waals surface area contributed by atoms with Crippen LogP contribution in [0.15, 0.2) is 0 Å². The van der Waals surface area contributed by atoms with Gasteiger partial charge in [0.1, 0.15) is 0 Å². The summed E-state index contributed by atoms with van der Waals surface area (Å²) >= 11 is 0. The van der Waals surface area contributed by atoms with Crippen LogP contribution in [0.4, 0.5) is 0 Å². The Hall–Kier alpha value is 0.0969. The van der Waals surface area contributed by atoms with Crippen molar-refractivity contribution in [3.8, 4) is 0 Å². The quantitative estimate of drug-likeness (QED) is 0.619. The summed E-state index contributed by atoms with van der Waals surface area (Å²) in [5.41, 5.74) is -0.188. The Bertz CT molecular complexity index is 205. The maximum atomic E-state index is 6.24. The van der Waals surface area contributed by atoms with Gasteiger partial charge in [-0.2, -0.15) is 0 Å². The molecule has 0 rings (SSSR count). The molecule has 0 aliphatic heterocycles. The van der Waals surface area contributed by atoms with E-state index < -0.39 is 8.80 Å². The molecule has 0 aliphatic carbocycles. The summed E-state index contributed by atoms with van der Waals surface area (Å²) in [5, 5.41) is 0. The minimum atomic E-state index is -2.55. The van der Waals surface area contributed by atoms with E-state index in [1.54, 1.807) is 0 Å². The maximum absolute atomic E-state index is 6.24. The Morgan fingerprint density at radius 2 is 1.35 bits per heavy atom. The van der Waals surface area contributed by atoms with Gasteiger partial charge in [-0.15, -0.1) is 0 Å². The van der Waals surface area contributed by atoms with E-state index in [9.17, 15) is 0 Å². The molecule has 0 N–H and O–H groups in total. The van der Waals surface area contributed by atoms with Gasteiger partial charge in [0.25, 0.3) is 0 Å². The van der Waals surface area contributed by atoms with Gasteiger partial charge in [0, 0.05) is 18.3 Å². The van der Waals surface area contributed by atoms with E-state index >= 15 is 0 Å². The van der Waals surface area contributed by atoms with Gasteiger partial charge in [0.15, 0.2) is 0 Å². The molecule has 4 heteroatoms. The van der Waals surface area contributed by atoms with Gasteiger partial charge in [-0.25, -0.2) is 0 Å². The van der Waals surface area contributed by atoms with E-state index in [1.165, 1.54) is 0 Å². The number of hydrogen-bond acceptors (Lipinski definition) is 3. The fraction of sp³-hybridized carbons (Fsp3) is 1.00. The first-order chi connectivity index (χ1) is 7.66. The van der Waals surface area contributed by atoms with Crippen LogP contribution in [0.1, 0.15) is 61.8 Å². The predicted molar refractivity (Wildman–Crippen MR) is 74.1 cm³/mol. The lowest BCUT2D eigenvalue weighted by atomic mass is 10.1. The molecule has 0 aliphatic rings. The van der Waals surface area contributed by atoms with Crippen LogP contribution in [0.3, 0.4) is 0 Å². The third-order valence-corrected chi connectivity index (χ3v) is 5.94. The zero-order valence-corrected chi connectivity index (χ0v) is 13.8. The van der Waals surface area contributed by atoms with Gasteiger partial charge < -0.3 is 13.3 Å². The molecule has 3 nitrogen and oxygen atoms in total. The van der Waals surface area contributed by atoms with Crippen molar-refractivity contribution in [2.75, 3.05) is 0 Å². The van der Waals surface area contributed by atoms with Crippen LogP contribution in [0, 0.1) is 0 Å². The summed E-state index contributed by atoms with van der Waals surface area (Å²) in [7, 11) is -2.55. The van der Waals surface area contributed by atoms with Crippen LogP contribution < -0.4 is 0 Å². The second kappa shape index (κ2) is 6.88. The molecular formula is C13H30O3Si. The van der Waals surface area contributed by atoms with Crippen molar-refractivity contribution in [1.29, 1.82) is 0 Å². The molecule has 0 spiro atoms. The lowest BCUT2D eigenvalue weighted by Crippen LogP contribution is -2.53. The lowest BCUT2D eigenvalue weighted by molar-refractivity contribution is -0.0376. The first kappa shape index (κ1) is 17.1. The molecule has 0 saturated heterocycles. The molecule has 0 amide bonds. The van der Waals surface area contributed by atoms with Crippen molar-refractivity contribution in [1.82, 2.24) is 0 Å². The molecule has 0 aromatic carbocycles. The van der Waals surface area contributed by atoms with Crippen molar-refractivity contribution in [3.63, 3.8) is 0 Å². The molecule has 0 aromatic heterocycles. The Kier molecular flexibility index (Phi) is 6.92. The topological polar surface area (TPSA) is 27.7 Å². The molecule has 0 aromatic rings. The molecule has 17 heavy (non-hydrogen) atoms. The molecule has 0 heterocycles. The van der Waals surface area contributed by atoms with E-state index in [1.807, 2.05) is 27.7 Å². The number of hydrogen-bond donors (Lipinski definition) is 0. The van der Waals surface area contributed by atoms with Crippen LogP contribution in [0.5, 0.6) is 0 Å². The summed E-state index contributed by atoms with van der Waals surface area (Å²) in [6.45, 7) is 16.5. The standard InChI is InChI=1S/C13H30O3Si/c1-9-13(7,8)16-17(10-2,14-11(3)4)15-12(5)6/h11-12H,9-10H2,1-8H3. The average molecular weight is 262 g/mol. The normalized spacial score (nSPS) is 13.8. The van der Waals surface area contributed by atoms with Crippen LogP contribution >= 0.6 is 0 Å². The minimum absolute atomic E-state index is 0.132. The lowest BCUT2D eigenvalue weighted by Gasteiger charge is -2.38. The Balaban J connectivity index is 4.90. The fourth-order valence-corrected chi connectivity index (χ4v) is 4.58. The van der Waals surface area contributed by atoms with Crippen molar-refractivity contribution in [3.05, 3.63) is 0 Å². The van der Waals surface area contributed by atoms with Crippen LogP contribution in [0.25, 0.3) is 0 Å². The molecule has 104 valence electrons. The highest BCUT2D eigenvalue weighted by molar-refractivity contribution is 6.60. The van der Waals surface area contributed by atoms with Gasteiger partial charge in [0.2, 0.25) is 0 Å². The molecule has 0 bridgehead atoms. The second-order valence-electron chi connectivity index (χ2n) is 5.59. The Labute approximate surface area is 108 Å². The van der Waals surface area contributed by atoms with Crippen LogP contribution in [0.2, 0.25) is 6.04 Å². The van der Waals surface area contributed by atoms with E-state index in [0.29, 0.717) is 0 Å². The van der Waals surface area contributed by atoms with Gasteiger partial charge in [-0.3, -0.25) is 0 Å². The molecule has 0 radical (unpaired) electrons. The Morgan fingerprint density at radius 3 is 1.59 bits per heavy atom. The van der Waals surface area contributed by atoms with Gasteiger partial charge in [-0.1, -0.05) is 13.8 Å². The monoisotopic (exact) mass is 262 g/mol. The predicted octanol–water partition coefficient (Wildman–Crippen LogP) is 4.00. The van der Waals surface area contributed by atoms with Gasteiger partial charge in [0.05, 0.1) is 5.60 Å². The summed E-state index contributed by atoms with van der Waals surface area (Å²) in [6, 6.07) is 0.812. The summed E-state index contributed by atoms with van der Waals surface area (Å²) < 4.78 is 18.3. The van der Waals surface area contributed by atoms with Gasteiger partial charge in [-0.05, 0) is 48.0 Å².